The molecule has 7 aromatic carbocycles. The van der Waals surface area contributed by atoms with Gasteiger partial charge in [-0.15, -0.1) is 11.3 Å². The normalized spacial score (nSPS) is 11.7. The number of benzene rings is 7. The van der Waals surface area contributed by atoms with Crippen LogP contribution in [0.2, 0.25) is 0 Å². The maximum Gasteiger partial charge on any atom is 0.238 e. The van der Waals surface area contributed by atoms with Gasteiger partial charge in [0.25, 0.3) is 0 Å². The molecule has 0 aliphatic heterocycles. The Morgan fingerprint density at radius 2 is 1.13 bits per heavy atom. The zero-order valence-corrected chi connectivity index (χ0v) is 29.4. The van der Waals surface area contributed by atoms with Crippen molar-refractivity contribution < 1.29 is 0 Å². The number of nitrogens with zero attached hydrogens (tertiary/aromatic N) is 6. The van der Waals surface area contributed by atoms with E-state index in [0.29, 0.717) is 23.2 Å². The third kappa shape index (κ3) is 4.64. The summed E-state index contributed by atoms with van der Waals surface area (Å²) in [5.41, 5.74) is 7.26. The number of para-hydroxylation sites is 3. The van der Waals surface area contributed by atoms with Gasteiger partial charge in [-0.1, -0.05) is 109 Å². The first-order valence-electron chi connectivity index (χ1n) is 17.7. The molecule has 4 aromatic heterocycles. The Kier molecular flexibility index (Phi) is 6.68. The monoisotopic (exact) mass is 706 g/mol. The van der Waals surface area contributed by atoms with Crippen molar-refractivity contribution in [3.63, 3.8) is 0 Å². The van der Waals surface area contributed by atoms with Crippen molar-refractivity contribution in [1.29, 1.82) is 5.26 Å². The van der Waals surface area contributed by atoms with Gasteiger partial charge >= 0.3 is 0 Å². The quantitative estimate of drug-likeness (QED) is 0.170. The summed E-state index contributed by atoms with van der Waals surface area (Å²) in [6.07, 6.45) is 0. The third-order valence-electron chi connectivity index (χ3n) is 10.3. The SMILES string of the molecule is N#Cc1cccc(-c2nc(-c3ccc4sc5c(ccc6c(-c7ccccc7)nc7ccccc7c65)c4c3)nc(-n3c4ccccc4c4ccccc43)n2)c1. The van der Waals surface area contributed by atoms with Crippen LogP contribution in [-0.4, -0.2) is 24.5 Å². The van der Waals surface area contributed by atoms with Crippen LogP contribution in [-0.2, 0) is 0 Å². The minimum absolute atomic E-state index is 0.502. The molecule has 7 heteroatoms. The molecule has 0 unspecified atom stereocenters. The molecule has 0 aliphatic carbocycles. The molecule has 0 saturated heterocycles. The molecule has 0 saturated carbocycles. The molecule has 250 valence electrons. The number of hydrogen-bond acceptors (Lipinski definition) is 6. The maximum absolute atomic E-state index is 9.74. The molecule has 54 heavy (non-hydrogen) atoms. The lowest BCUT2D eigenvalue weighted by atomic mass is 9.98. The lowest BCUT2D eigenvalue weighted by molar-refractivity contribution is 0.953. The second-order valence-electron chi connectivity index (χ2n) is 13.4. The molecule has 0 atom stereocenters. The average Bonchev–Trinajstić information content (AvgIpc) is 3.79. The number of nitriles is 1. The first kappa shape index (κ1) is 30.4. The molecule has 11 aromatic rings. The largest absolute Gasteiger partial charge is 0.278 e. The van der Waals surface area contributed by atoms with E-state index < -0.39 is 0 Å². The zero-order valence-electron chi connectivity index (χ0n) is 28.6. The summed E-state index contributed by atoms with van der Waals surface area (Å²) in [5, 5.41) is 17.8. The number of fused-ring (bicyclic) bond motifs is 10. The minimum Gasteiger partial charge on any atom is -0.278 e. The van der Waals surface area contributed by atoms with Gasteiger partial charge in [0.05, 0.1) is 33.9 Å². The van der Waals surface area contributed by atoms with E-state index in [4.69, 9.17) is 19.9 Å². The van der Waals surface area contributed by atoms with E-state index in [0.717, 1.165) is 65.9 Å². The van der Waals surface area contributed by atoms with E-state index in [2.05, 4.69) is 126 Å². The Bertz CT molecular complexity index is 3300. The number of hydrogen-bond donors (Lipinski definition) is 0. The van der Waals surface area contributed by atoms with Crippen LogP contribution in [0.1, 0.15) is 5.56 Å². The van der Waals surface area contributed by atoms with Gasteiger partial charge in [-0.25, -0.2) is 9.97 Å². The Morgan fingerprint density at radius 3 is 1.89 bits per heavy atom. The van der Waals surface area contributed by atoms with Crippen LogP contribution in [0.5, 0.6) is 0 Å². The summed E-state index contributed by atoms with van der Waals surface area (Å²) in [5.74, 6) is 1.58. The van der Waals surface area contributed by atoms with Crippen LogP contribution in [0.25, 0.3) is 104 Å². The highest BCUT2D eigenvalue weighted by Crippen LogP contribution is 2.44. The minimum atomic E-state index is 0.502. The van der Waals surface area contributed by atoms with E-state index in [1.54, 1.807) is 17.4 Å². The van der Waals surface area contributed by atoms with E-state index in [1.807, 2.05) is 36.4 Å². The summed E-state index contributed by atoms with van der Waals surface area (Å²) in [6, 6.07) is 56.2. The first-order chi connectivity index (χ1) is 26.7. The topological polar surface area (TPSA) is 80.3 Å². The average molecular weight is 707 g/mol. The fraction of sp³-hybridized carbons (Fsp3) is 0. The molecule has 0 spiro atoms. The van der Waals surface area contributed by atoms with Crippen molar-refractivity contribution in [3.05, 3.63) is 163 Å². The second-order valence-corrected chi connectivity index (χ2v) is 14.4. The summed E-state index contributed by atoms with van der Waals surface area (Å²) in [4.78, 5) is 20.5. The lowest BCUT2D eigenvalue weighted by Crippen LogP contribution is -2.06. The standard InChI is InChI=1S/C47H26N6S/c48-27-28-11-10-14-30(25-28)45-50-46(52-47(51-45)53-39-19-8-5-15-32(39)33-16-6-9-20-40(33)53)31-21-24-41-37(26-31)34-22-23-36-42(44(34)54-41)35-17-4-7-18-38(35)49-43(36)29-12-2-1-3-13-29/h1-26H. The molecule has 0 aliphatic rings. The predicted octanol–water partition coefficient (Wildman–Crippen LogP) is 11.9. The number of aromatic nitrogens is 5. The predicted molar refractivity (Wildman–Crippen MR) is 221 cm³/mol. The molecule has 0 radical (unpaired) electrons. The lowest BCUT2D eigenvalue weighted by Gasteiger charge is -2.11. The van der Waals surface area contributed by atoms with Crippen LogP contribution in [0.3, 0.4) is 0 Å². The maximum atomic E-state index is 9.74. The summed E-state index contributed by atoms with van der Waals surface area (Å²) in [7, 11) is 0. The Balaban J connectivity index is 1.17. The Labute approximate surface area is 312 Å². The van der Waals surface area contributed by atoms with E-state index in [1.165, 1.54) is 20.2 Å². The molecule has 11 rings (SSSR count). The Morgan fingerprint density at radius 1 is 0.481 bits per heavy atom. The molecule has 0 N–H and O–H groups in total. The highest BCUT2D eigenvalue weighted by molar-refractivity contribution is 7.26. The fourth-order valence-corrected chi connectivity index (χ4v) is 9.06. The van der Waals surface area contributed by atoms with E-state index >= 15 is 0 Å². The molecule has 4 heterocycles. The molecule has 0 fully saturated rings. The molecule has 0 bridgehead atoms. The van der Waals surface area contributed by atoms with Crippen LogP contribution >= 0.6 is 11.3 Å². The molecule has 6 nitrogen and oxygen atoms in total. The van der Waals surface area contributed by atoms with Gasteiger partial charge < -0.3 is 0 Å². The van der Waals surface area contributed by atoms with Gasteiger partial charge in [0.2, 0.25) is 5.95 Å². The fourth-order valence-electron chi connectivity index (χ4n) is 7.81. The second kappa shape index (κ2) is 11.9. The summed E-state index contributed by atoms with van der Waals surface area (Å²) < 4.78 is 4.52. The van der Waals surface area contributed by atoms with Gasteiger partial charge in [-0.05, 0) is 48.5 Å². The zero-order chi connectivity index (χ0) is 35.8. The van der Waals surface area contributed by atoms with E-state index in [9.17, 15) is 5.26 Å². The van der Waals surface area contributed by atoms with Gasteiger partial charge in [0.1, 0.15) is 0 Å². The van der Waals surface area contributed by atoms with Crippen molar-refractivity contribution >= 4 is 75.0 Å². The first-order valence-corrected chi connectivity index (χ1v) is 18.5. The van der Waals surface area contributed by atoms with Crippen molar-refractivity contribution in [3.8, 4) is 46.1 Å². The van der Waals surface area contributed by atoms with Crippen molar-refractivity contribution in [2.75, 3.05) is 0 Å². The highest BCUT2D eigenvalue weighted by atomic mass is 32.1. The molecular weight excluding hydrogens is 681 g/mol. The third-order valence-corrected chi connectivity index (χ3v) is 11.5. The molecular formula is C47H26N6S. The van der Waals surface area contributed by atoms with Crippen LogP contribution < -0.4 is 0 Å². The number of pyridine rings is 1. The highest BCUT2D eigenvalue weighted by Gasteiger charge is 2.20. The van der Waals surface area contributed by atoms with E-state index in [-0.39, 0.29) is 0 Å². The number of rotatable bonds is 4. The molecule has 0 amide bonds. The number of thiophene rings is 1. The van der Waals surface area contributed by atoms with Crippen molar-refractivity contribution in [2.24, 2.45) is 0 Å². The van der Waals surface area contributed by atoms with Gasteiger partial charge in [0, 0.05) is 63.8 Å². The van der Waals surface area contributed by atoms with Crippen LogP contribution in [0.15, 0.2) is 158 Å². The van der Waals surface area contributed by atoms with Crippen LogP contribution in [0.4, 0.5) is 0 Å². The Hall–Kier alpha value is -7.27. The summed E-state index contributed by atoms with van der Waals surface area (Å²) in [6.45, 7) is 0. The van der Waals surface area contributed by atoms with Crippen molar-refractivity contribution in [2.45, 2.75) is 0 Å². The van der Waals surface area contributed by atoms with Gasteiger partial charge in [0.15, 0.2) is 11.6 Å². The summed E-state index contributed by atoms with van der Waals surface area (Å²) >= 11 is 1.81. The van der Waals surface area contributed by atoms with Crippen molar-refractivity contribution in [1.82, 2.24) is 24.5 Å². The van der Waals surface area contributed by atoms with Gasteiger partial charge in [-0.2, -0.15) is 15.2 Å². The van der Waals surface area contributed by atoms with Gasteiger partial charge in [-0.3, -0.25) is 4.57 Å². The van der Waals surface area contributed by atoms with Crippen LogP contribution in [0, 0.1) is 11.3 Å². The smallest absolute Gasteiger partial charge is 0.238 e.